The van der Waals surface area contributed by atoms with Gasteiger partial charge in [-0.25, -0.2) is 0 Å². The van der Waals surface area contributed by atoms with Gasteiger partial charge in [0.2, 0.25) is 0 Å². The molecule has 70 valence electrons. The molecule has 0 amide bonds. The fourth-order valence-corrected chi connectivity index (χ4v) is 3.62. The maximum Gasteiger partial charge on any atom is 0.0625 e. The molecular formula is C10H16Br2. The Hall–Kier alpha value is 0.700. The molecule has 0 aromatic heterocycles. The van der Waals surface area contributed by atoms with Gasteiger partial charge in [-0.2, -0.15) is 0 Å². The summed E-state index contributed by atoms with van der Waals surface area (Å²) in [6, 6.07) is 0. The minimum absolute atomic E-state index is 0.247. The minimum atomic E-state index is 0.247. The lowest BCUT2D eigenvalue weighted by Crippen LogP contribution is -2.03. The SMILES string of the molecule is CC(C)/C=C(\Br)C1(Br)[C@H](C)[C@@H]1C. The highest BCUT2D eigenvalue weighted by atomic mass is 79.9. The Morgan fingerprint density at radius 2 is 1.75 bits per heavy atom. The first kappa shape index (κ1) is 10.8. The molecule has 1 aliphatic carbocycles. The zero-order valence-corrected chi connectivity index (χ0v) is 11.2. The first-order valence-electron chi connectivity index (χ1n) is 4.47. The Bertz CT molecular complexity index is 198. The second-order valence-corrected chi connectivity index (χ2v) is 6.27. The molecule has 0 nitrogen and oxygen atoms in total. The van der Waals surface area contributed by atoms with Crippen LogP contribution in [0.3, 0.4) is 0 Å². The molecule has 0 aliphatic heterocycles. The molecule has 1 saturated carbocycles. The van der Waals surface area contributed by atoms with Crippen molar-refractivity contribution in [1.29, 1.82) is 0 Å². The number of hydrogen-bond acceptors (Lipinski definition) is 0. The molecule has 2 heteroatoms. The van der Waals surface area contributed by atoms with E-state index in [-0.39, 0.29) is 4.32 Å². The second-order valence-electron chi connectivity index (χ2n) is 4.10. The molecule has 0 N–H and O–H groups in total. The van der Waals surface area contributed by atoms with E-state index in [1.54, 1.807) is 0 Å². The Morgan fingerprint density at radius 3 is 2.00 bits per heavy atom. The molecule has 1 rings (SSSR count). The van der Waals surface area contributed by atoms with Crippen LogP contribution in [0.4, 0.5) is 0 Å². The quantitative estimate of drug-likeness (QED) is 0.665. The lowest BCUT2D eigenvalue weighted by molar-refractivity contribution is 0.817. The zero-order valence-electron chi connectivity index (χ0n) is 8.07. The predicted octanol–water partition coefficient (Wildman–Crippen LogP) is 4.34. The summed E-state index contributed by atoms with van der Waals surface area (Å²) in [5.74, 6) is 2.12. The number of alkyl halides is 1. The third kappa shape index (κ3) is 1.65. The van der Waals surface area contributed by atoms with Crippen molar-refractivity contribution >= 4 is 31.9 Å². The van der Waals surface area contributed by atoms with E-state index < -0.39 is 0 Å². The average Bonchev–Trinajstić information content (AvgIpc) is 2.41. The highest BCUT2D eigenvalue weighted by Crippen LogP contribution is 2.62. The van der Waals surface area contributed by atoms with Crippen LogP contribution >= 0.6 is 31.9 Å². The fraction of sp³-hybridized carbons (Fsp3) is 0.800. The van der Waals surface area contributed by atoms with Gasteiger partial charge in [-0.05, 0) is 17.8 Å². The average molecular weight is 296 g/mol. The largest absolute Gasteiger partial charge is 0.0789 e. The lowest BCUT2D eigenvalue weighted by atomic mass is 10.1. The maximum atomic E-state index is 3.80. The van der Waals surface area contributed by atoms with Crippen LogP contribution in [0.1, 0.15) is 27.7 Å². The number of rotatable bonds is 2. The van der Waals surface area contributed by atoms with E-state index in [1.807, 2.05) is 0 Å². The molecule has 0 bridgehead atoms. The topological polar surface area (TPSA) is 0 Å². The van der Waals surface area contributed by atoms with Crippen LogP contribution < -0.4 is 0 Å². The Balaban J connectivity index is 2.72. The van der Waals surface area contributed by atoms with Crippen LogP contribution in [0.15, 0.2) is 10.6 Å². The Morgan fingerprint density at radius 1 is 1.33 bits per heavy atom. The molecule has 0 aromatic carbocycles. The van der Waals surface area contributed by atoms with Crippen molar-refractivity contribution in [1.82, 2.24) is 0 Å². The summed E-state index contributed by atoms with van der Waals surface area (Å²) in [5, 5.41) is 0. The molecule has 1 unspecified atom stereocenters. The minimum Gasteiger partial charge on any atom is -0.0789 e. The smallest absolute Gasteiger partial charge is 0.0625 e. The van der Waals surface area contributed by atoms with Gasteiger partial charge >= 0.3 is 0 Å². The van der Waals surface area contributed by atoms with E-state index in [0.29, 0.717) is 5.92 Å². The van der Waals surface area contributed by atoms with E-state index in [4.69, 9.17) is 0 Å². The third-order valence-corrected chi connectivity index (χ3v) is 6.14. The fourth-order valence-electron chi connectivity index (χ4n) is 1.58. The van der Waals surface area contributed by atoms with Gasteiger partial charge in [0.15, 0.2) is 0 Å². The van der Waals surface area contributed by atoms with Gasteiger partial charge in [0, 0.05) is 4.48 Å². The summed E-state index contributed by atoms with van der Waals surface area (Å²) in [5.41, 5.74) is 0. The highest BCUT2D eigenvalue weighted by molar-refractivity contribution is 9.14. The molecule has 0 saturated heterocycles. The van der Waals surface area contributed by atoms with E-state index in [1.165, 1.54) is 4.48 Å². The van der Waals surface area contributed by atoms with Gasteiger partial charge in [-0.15, -0.1) is 0 Å². The highest BCUT2D eigenvalue weighted by Gasteiger charge is 2.59. The molecule has 1 aliphatic rings. The number of allylic oxidation sites excluding steroid dienone is 2. The van der Waals surface area contributed by atoms with E-state index in [9.17, 15) is 0 Å². The van der Waals surface area contributed by atoms with Gasteiger partial charge < -0.3 is 0 Å². The van der Waals surface area contributed by atoms with Gasteiger partial charge in [0.1, 0.15) is 0 Å². The Labute approximate surface area is 92.1 Å². The summed E-state index contributed by atoms with van der Waals surface area (Å²) in [6.07, 6.45) is 2.29. The van der Waals surface area contributed by atoms with Crippen molar-refractivity contribution in [2.24, 2.45) is 17.8 Å². The Kier molecular flexibility index (Phi) is 3.10. The number of hydrogen-bond donors (Lipinski definition) is 0. The molecule has 12 heavy (non-hydrogen) atoms. The first-order chi connectivity index (χ1) is 5.40. The zero-order chi connectivity index (χ0) is 9.52. The van der Waals surface area contributed by atoms with E-state index in [2.05, 4.69) is 65.6 Å². The monoisotopic (exact) mass is 294 g/mol. The van der Waals surface area contributed by atoms with Crippen LogP contribution in [0.25, 0.3) is 0 Å². The first-order valence-corrected chi connectivity index (χ1v) is 6.06. The van der Waals surface area contributed by atoms with Crippen LogP contribution in [0.5, 0.6) is 0 Å². The van der Waals surface area contributed by atoms with Crippen molar-refractivity contribution in [2.45, 2.75) is 32.0 Å². The van der Waals surface area contributed by atoms with Gasteiger partial charge in [-0.3, -0.25) is 0 Å². The van der Waals surface area contributed by atoms with Crippen molar-refractivity contribution in [3.8, 4) is 0 Å². The van der Waals surface area contributed by atoms with Crippen molar-refractivity contribution < 1.29 is 0 Å². The molecule has 0 heterocycles. The van der Waals surface area contributed by atoms with Crippen molar-refractivity contribution in [2.75, 3.05) is 0 Å². The standard InChI is InChI=1S/C10H16Br2/c1-6(2)5-9(11)10(12)7(3)8(10)4/h5-8H,1-4H3/b9-5-/t7-,8+,10?. The molecule has 0 radical (unpaired) electrons. The third-order valence-electron chi connectivity index (χ3n) is 2.81. The summed E-state index contributed by atoms with van der Waals surface area (Å²) in [7, 11) is 0. The van der Waals surface area contributed by atoms with E-state index >= 15 is 0 Å². The molecule has 0 aromatic rings. The lowest BCUT2D eigenvalue weighted by Gasteiger charge is -2.09. The van der Waals surface area contributed by atoms with E-state index in [0.717, 1.165) is 11.8 Å². The van der Waals surface area contributed by atoms with Gasteiger partial charge in [-0.1, -0.05) is 65.6 Å². The van der Waals surface area contributed by atoms with Crippen LogP contribution in [0.2, 0.25) is 0 Å². The predicted molar refractivity (Wildman–Crippen MR) is 61.8 cm³/mol. The normalized spacial score (nSPS) is 42.1. The molecule has 3 atom stereocenters. The summed E-state index contributed by atoms with van der Waals surface area (Å²) < 4.78 is 1.57. The number of halogens is 2. The molecular weight excluding hydrogens is 280 g/mol. The van der Waals surface area contributed by atoms with Crippen molar-refractivity contribution in [3.63, 3.8) is 0 Å². The van der Waals surface area contributed by atoms with Gasteiger partial charge in [0.05, 0.1) is 4.32 Å². The second kappa shape index (κ2) is 3.45. The van der Waals surface area contributed by atoms with Crippen molar-refractivity contribution in [3.05, 3.63) is 10.6 Å². The summed E-state index contributed by atoms with van der Waals surface area (Å²) >= 11 is 7.46. The van der Waals surface area contributed by atoms with Crippen LogP contribution in [-0.2, 0) is 0 Å². The van der Waals surface area contributed by atoms with Crippen LogP contribution in [-0.4, -0.2) is 4.32 Å². The van der Waals surface area contributed by atoms with Gasteiger partial charge in [0.25, 0.3) is 0 Å². The maximum absolute atomic E-state index is 3.80. The molecule has 0 spiro atoms. The summed E-state index contributed by atoms with van der Waals surface area (Å²) in [4.78, 5) is 0. The molecule has 1 fully saturated rings. The summed E-state index contributed by atoms with van der Waals surface area (Å²) in [6.45, 7) is 8.98. The van der Waals surface area contributed by atoms with Crippen LogP contribution in [0, 0.1) is 17.8 Å².